The van der Waals surface area contributed by atoms with Gasteiger partial charge in [-0.3, -0.25) is 9.69 Å². The molecule has 1 fully saturated rings. The summed E-state index contributed by atoms with van der Waals surface area (Å²) in [6, 6.07) is 6.61. The summed E-state index contributed by atoms with van der Waals surface area (Å²) in [4.78, 5) is 18.5. The van der Waals surface area contributed by atoms with Gasteiger partial charge in [-0.25, -0.2) is 4.99 Å². The van der Waals surface area contributed by atoms with Gasteiger partial charge in [-0.1, -0.05) is 12.1 Å². The number of guanidine groups is 1. The first-order valence-electron chi connectivity index (χ1n) is 9.05. The molecular formula is C19H22F3N5O2. The number of benzene rings is 1. The number of nitrogens with one attached hydrogen (secondary N) is 2. The highest BCUT2D eigenvalue weighted by Gasteiger charge is 2.50. The largest absolute Gasteiger partial charge is 0.493 e. The highest BCUT2D eigenvalue weighted by molar-refractivity contribution is 6.11. The summed E-state index contributed by atoms with van der Waals surface area (Å²) in [5, 5.41) is 9.84. The van der Waals surface area contributed by atoms with Crippen molar-refractivity contribution < 1.29 is 22.7 Å². The summed E-state index contributed by atoms with van der Waals surface area (Å²) >= 11 is 0. The van der Waals surface area contributed by atoms with Gasteiger partial charge in [0, 0.05) is 25.0 Å². The Labute approximate surface area is 165 Å². The van der Waals surface area contributed by atoms with Crippen molar-refractivity contribution in [3.63, 3.8) is 0 Å². The number of likely N-dealkylation sites (N-methyl/N-ethyl adjacent to an activating group) is 1. The van der Waals surface area contributed by atoms with E-state index >= 15 is 0 Å². The maximum absolute atomic E-state index is 13.1. The number of halogens is 3. The summed E-state index contributed by atoms with van der Waals surface area (Å²) < 4.78 is 43.3. The molecule has 156 valence electrons. The van der Waals surface area contributed by atoms with Crippen LogP contribution in [0.3, 0.4) is 0 Å². The van der Waals surface area contributed by atoms with Gasteiger partial charge in [0.15, 0.2) is 11.5 Å². The van der Waals surface area contributed by atoms with Crippen molar-refractivity contribution in [1.82, 2.24) is 10.2 Å². The summed E-state index contributed by atoms with van der Waals surface area (Å²) in [7, 11) is 1.42. The fourth-order valence-electron chi connectivity index (χ4n) is 3.02. The maximum atomic E-state index is 13.1. The average molecular weight is 409 g/mol. The van der Waals surface area contributed by atoms with Gasteiger partial charge in [0.25, 0.3) is 5.91 Å². The van der Waals surface area contributed by atoms with Crippen molar-refractivity contribution in [2.45, 2.75) is 24.6 Å². The smallest absolute Gasteiger partial charge is 0.405 e. The first-order valence-corrected chi connectivity index (χ1v) is 9.05. The van der Waals surface area contributed by atoms with Gasteiger partial charge in [-0.15, -0.1) is 0 Å². The second kappa shape index (κ2) is 7.76. The van der Waals surface area contributed by atoms with Crippen LogP contribution in [-0.4, -0.2) is 49.4 Å². The maximum Gasteiger partial charge on any atom is 0.405 e. The standard InChI is InChI=1S/C19H22F3N5O2/c1-27-16(28)19(26-17(27)24,14(8-23)9-25-11-18(20,21)22)13-3-2-4-15(7-13)29-10-12-5-6-12/h2-4,7-9,12,23,25H,5-6,10-11H2,1H3,(H2,24,26)/b14-9+,23-8?. The molecule has 1 aromatic rings. The van der Waals surface area contributed by atoms with Gasteiger partial charge in [-0.2, -0.15) is 13.2 Å². The Kier molecular flexibility index (Phi) is 5.54. The van der Waals surface area contributed by atoms with E-state index in [9.17, 15) is 18.0 Å². The lowest BCUT2D eigenvalue weighted by Gasteiger charge is -2.27. The van der Waals surface area contributed by atoms with E-state index < -0.39 is 24.2 Å². The van der Waals surface area contributed by atoms with Gasteiger partial charge in [-0.05, 0) is 36.5 Å². The van der Waals surface area contributed by atoms with Crippen molar-refractivity contribution in [3.8, 4) is 5.75 Å². The van der Waals surface area contributed by atoms with E-state index in [2.05, 4.69) is 10.3 Å². The van der Waals surface area contributed by atoms with E-state index in [1.54, 1.807) is 24.3 Å². The molecule has 10 heteroatoms. The molecule has 1 amide bonds. The molecule has 0 saturated heterocycles. The fourth-order valence-corrected chi connectivity index (χ4v) is 3.02. The fraction of sp³-hybridized carbons (Fsp3) is 0.421. The predicted octanol–water partition coefficient (Wildman–Crippen LogP) is 2.14. The number of carbonyl (C=O) groups is 1. The van der Waals surface area contributed by atoms with Crippen LogP contribution in [0.15, 0.2) is 41.0 Å². The van der Waals surface area contributed by atoms with Crippen LogP contribution >= 0.6 is 0 Å². The number of carbonyl (C=O) groups excluding carboxylic acids is 1. The number of amides is 1. The Balaban J connectivity index is 2.00. The molecule has 2 aliphatic rings. The zero-order valence-electron chi connectivity index (χ0n) is 15.8. The summed E-state index contributed by atoms with van der Waals surface area (Å²) in [5.74, 6) is 0.363. The van der Waals surface area contributed by atoms with Crippen LogP contribution in [0.1, 0.15) is 18.4 Å². The number of nitrogens with zero attached hydrogens (tertiary/aromatic N) is 2. The van der Waals surface area contributed by atoms with Gasteiger partial charge >= 0.3 is 6.18 Å². The third kappa shape index (κ3) is 4.36. The molecule has 1 heterocycles. The lowest BCUT2D eigenvalue weighted by atomic mass is 9.83. The number of hydrogen-bond acceptors (Lipinski definition) is 6. The molecule has 0 bridgehead atoms. The molecule has 1 saturated carbocycles. The molecule has 1 aliphatic heterocycles. The highest BCUT2D eigenvalue weighted by atomic mass is 19.4. The summed E-state index contributed by atoms with van der Waals surface area (Å²) in [5.41, 5.74) is 4.35. The molecule has 1 aliphatic carbocycles. The third-order valence-electron chi connectivity index (χ3n) is 4.81. The SMILES string of the molecule is CN1C(=O)C(/C(C=N)=C/NCC(F)(F)F)(c2cccc(OCC3CC3)c2)N=C1N. The molecule has 1 aromatic carbocycles. The minimum absolute atomic E-state index is 0.0709. The lowest BCUT2D eigenvalue weighted by Crippen LogP contribution is -2.42. The normalized spacial score (nSPS) is 22.5. The molecule has 29 heavy (non-hydrogen) atoms. The molecule has 1 atom stereocenters. The number of ether oxygens (including phenoxy) is 1. The van der Waals surface area contributed by atoms with Gasteiger partial charge in [0.2, 0.25) is 0 Å². The van der Waals surface area contributed by atoms with Crippen LogP contribution in [-0.2, 0) is 10.3 Å². The average Bonchev–Trinajstić information content (AvgIpc) is 3.47. The van der Waals surface area contributed by atoms with E-state index in [1.807, 2.05) is 0 Å². The molecule has 4 N–H and O–H groups in total. The lowest BCUT2D eigenvalue weighted by molar-refractivity contribution is -0.129. The van der Waals surface area contributed by atoms with Crippen LogP contribution in [0.4, 0.5) is 13.2 Å². The third-order valence-corrected chi connectivity index (χ3v) is 4.81. The Morgan fingerprint density at radius 2 is 2.21 bits per heavy atom. The molecule has 7 nitrogen and oxygen atoms in total. The Hall–Kier alpha value is -3.04. The number of hydrogen-bond donors (Lipinski definition) is 3. The molecule has 3 rings (SSSR count). The first kappa shape index (κ1) is 20.7. The van der Waals surface area contributed by atoms with Crippen molar-refractivity contribution in [2.75, 3.05) is 20.2 Å². The quantitative estimate of drug-likeness (QED) is 0.572. The second-order valence-electron chi connectivity index (χ2n) is 7.07. The van der Waals surface area contributed by atoms with E-state index in [0.717, 1.165) is 30.2 Å². The van der Waals surface area contributed by atoms with Crippen LogP contribution in [0.2, 0.25) is 0 Å². The monoisotopic (exact) mass is 409 g/mol. The van der Waals surface area contributed by atoms with E-state index in [0.29, 0.717) is 23.8 Å². The number of aliphatic imine (C=N–C) groups is 1. The topological polar surface area (TPSA) is 104 Å². The summed E-state index contributed by atoms with van der Waals surface area (Å²) in [6.07, 6.45) is -0.453. The predicted molar refractivity (Wildman–Crippen MR) is 102 cm³/mol. The van der Waals surface area contributed by atoms with Gasteiger partial charge in [0.05, 0.1) is 6.61 Å². The number of alkyl halides is 3. The van der Waals surface area contributed by atoms with Gasteiger partial charge in [0.1, 0.15) is 12.3 Å². The van der Waals surface area contributed by atoms with Crippen molar-refractivity contribution >= 4 is 18.1 Å². The van der Waals surface area contributed by atoms with Crippen LogP contribution in [0.25, 0.3) is 0 Å². The molecule has 0 aromatic heterocycles. The first-order chi connectivity index (χ1) is 13.7. The van der Waals surface area contributed by atoms with Crippen molar-refractivity contribution in [3.05, 3.63) is 41.6 Å². The van der Waals surface area contributed by atoms with Crippen molar-refractivity contribution in [1.29, 1.82) is 5.41 Å². The van der Waals surface area contributed by atoms with E-state index in [1.165, 1.54) is 7.05 Å². The molecule has 1 unspecified atom stereocenters. The minimum atomic E-state index is -4.45. The Morgan fingerprint density at radius 1 is 1.48 bits per heavy atom. The number of rotatable bonds is 8. The second-order valence-corrected chi connectivity index (χ2v) is 7.07. The van der Waals surface area contributed by atoms with E-state index in [4.69, 9.17) is 15.9 Å². The van der Waals surface area contributed by atoms with Crippen LogP contribution in [0, 0.1) is 11.3 Å². The number of nitrogens with two attached hydrogens (primary N) is 1. The van der Waals surface area contributed by atoms with Crippen molar-refractivity contribution in [2.24, 2.45) is 16.6 Å². The zero-order valence-corrected chi connectivity index (χ0v) is 15.8. The van der Waals surface area contributed by atoms with E-state index in [-0.39, 0.29) is 11.5 Å². The molecule has 0 spiro atoms. The Morgan fingerprint density at radius 3 is 2.76 bits per heavy atom. The molecular weight excluding hydrogens is 387 g/mol. The minimum Gasteiger partial charge on any atom is -0.493 e. The summed E-state index contributed by atoms with van der Waals surface area (Å²) in [6.45, 7) is -0.760. The molecule has 0 radical (unpaired) electrons. The van der Waals surface area contributed by atoms with Gasteiger partial charge < -0.3 is 21.2 Å². The van der Waals surface area contributed by atoms with Crippen LogP contribution < -0.4 is 15.8 Å². The Bertz CT molecular complexity index is 864. The zero-order chi connectivity index (χ0) is 21.2. The van der Waals surface area contributed by atoms with Crippen LogP contribution in [0.5, 0.6) is 5.75 Å². The highest BCUT2D eigenvalue weighted by Crippen LogP contribution is 2.40.